The Morgan fingerprint density at radius 3 is 2.48 bits per heavy atom. The van der Waals surface area contributed by atoms with Crippen LogP contribution in [0, 0.1) is 17.5 Å². The summed E-state index contributed by atoms with van der Waals surface area (Å²) < 4.78 is 43.3. The van der Waals surface area contributed by atoms with Crippen LogP contribution >= 0.6 is 11.6 Å². The lowest BCUT2D eigenvalue weighted by Gasteiger charge is -2.23. The van der Waals surface area contributed by atoms with E-state index in [1.54, 1.807) is 18.9 Å². The van der Waals surface area contributed by atoms with Gasteiger partial charge in [0.1, 0.15) is 34.7 Å². The van der Waals surface area contributed by atoms with Crippen molar-refractivity contribution in [1.29, 1.82) is 0 Å². The quantitative estimate of drug-likeness (QED) is 0.518. The average Bonchev–Trinajstić information content (AvgIpc) is 2.93. The van der Waals surface area contributed by atoms with Gasteiger partial charge in [0.15, 0.2) is 0 Å². The Hall–Kier alpha value is -2.61. The van der Waals surface area contributed by atoms with E-state index in [-0.39, 0.29) is 22.3 Å². The highest BCUT2D eigenvalue weighted by Gasteiger charge is 2.26. The van der Waals surface area contributed by atoms with Gasteiger partial charge in [0.05, 0.1) is 11.1 Å². The monoisotopic (exact) mass is 367 g/mol. The Bertz CT molecular complexity index is 962. The van der Waals surface area contributed by atoms with E-state index >= 15 is 0 Å². The number of likely N-dealkylation sites (N-methyl/N-ethyl adjacent to an activating group) is 1. The number of aromatic nitrogens is 4. The first kappa shape index (κ1) is 17.2. The van der Waals surface area contributed by atoms with Crippen LogP contribution in [0.1, 0.15) is 6.92 Å². The summed E-state index contributed by atoms with van der Waals surface area (Å²) in [4.78, 5) is 9.63. The molecule has 0 spiro atoms. The lowest BCUT2D eigenvalue weighted by atomic mass is 10.1. The SMILES string of the molecule is C=C(C)CN(C)c1c(-c2c(F)cc(F)cc2F)c(Cl)nc2ncnn12. The maximum Gasteiger partial charge on any atom is 0.255 e. The summed E-state index contributed by atoms with van der Waals surface area (Å²) in [6.45, 7) is 6.00. The molecule has 0 saturated carbocycles. The first-order valence-corrected chi connectivity index (χ1v) is 7.57. The zero-order chi connectivity index (χ0) is 18.3. The zero-order valence-corrected chi connectivity index (χ0v) is 14.2. The molecule has 130 valence electrons. The number of fused-ring (bicyclic) bond motifs is 1. The van der Waals surface area contributed by atoms with Gasteiger partial charge in [-0.3, -0.25) is 0 Å². The molecule has 0 amide bonds. The Labute approximate surface area is 146 Å². The topological polar surface area (TPSA) is 46.3 Å². The van der Waals surface area contributed by atoms with Crippen LogP contribution in [0.4, 0.5) is 19.0 Å². The normalized spacial score (nSPS) is 11.1. The van der Waals surface area contributed by atoms with Crippen molar-refractivity contribution < 1.29 is 13.2 Å². The van der Waals surface area contributed by atoms with E-state index in [0.29, 0.717) is 18.7 Å². The third kappa shape index (κ3) is 3.05. The van der Waals surface area contributed by atoms with Gasteiger partial charge in [-0.15, -0.1) is 0 Å². The first-order valence-electron chi connectivity index (χ1n) is 7.19. The third-order valence-corrected chi connectivity index (χ3v) is 3.76. The number of anilines is 1. The van der Waals surface area contributed by atoms with E-state index in [0.717, 1.165) is 5.57 Å². The molecule has 0 atom stereocenters. The Kier molecular flexibility index (Phi) is 4.38. The summed E-state index contributed by atoms with van der Waals surface area (Å²) in [6, 6.07) is 1.17. The molecular formula is C16H13ClF3N5. The molecule has 9 heteroatoms. The van der Waals surface area contributed by atoms with Crippen LogP contribution in [0.3, 0.4) is 0 Å². The van der Waals surface area contributed by atoms with Crippen LogP contribution in [0.2, 0.25) is 5.15 Å². The second-order valence-electron chi connectivity index (χ2n) is 5.63. The predicted molar refractivity (Wildman–Crippen MR) is 89.2 cm³/mol. The molecule has 3 aromatic rings. The van der Waals surface area contributed by atoms with Crippen LogP contribution in [0.25, 0.3) is 16.9 Å². The minimum atomic E-state index is -1.09. The molecule has 0 fully saturated rings. The van der Waals surface area contributed by atoms with Crippen molar-refractivity contribution in [3.05, 3.63) is 53.2 Å². The summed E-state index contributed by atoms with van der Waals surface area (Å²) >= 11 is 6.20. The van der Waals surface area contributed by atoms with E-state index in [1.807, 2.05) is 0 Å². The molecular weight excluding hydrogens is 355 g/mol. The number of hydrogen-bond acceptors (Lipinski definition) is 4. The number of hydrogen-bond donors (Lipinski definition) is 0. The van der Waals surface area contributed by atoms with E-state index in [4.69, 9.17) is 11.6 Å². The minimum Gasteiger partial charge on any atom is -0.355 e. The standard InChI is InChI=1S/C16H13ClF3N5/c1-8(2)6-24(3)15-13(12-10(19)4-9(18)5-11(12)20)14(17)23-16-21-7-22-25(15)16/h4-5,7H,1,6H2,2-3H3. The number of nitrogens with zero attached hydrogens (tertiary/aromatic N) is 5. The summed E-state index contributed by atoms with van der Waals surface area (Å²) in [7, 11) is 1.68. The summed E-state index contributed by atoms with van der Waals surface area (Å²) in [5.41, 5.74) is 0.271. The van der Waals surface area contributed by atoms with Crippen molar-refractivity contribution in [3.63, 3.8) is 0 Å². The fraction of sp³-hybridized carbons (Fsp3) is 0.188. The Morgan fingerprint density at radius 1 is 1.24 bits per heavy atom. The van der Waals surface area contributed by atoms with Crippen molar-refractivity contribution in [2.24, 2.45) is 0 Å². The highest BCUT2D eigenvalue weighted by atomic mass is 35.5. The maximum absolute atomic E-state index is 14.4. The summed E-state index contributed by atoms with van der Waals surface area (Å²) in [5.74, 6) is -2.78. The summed E-state index contributed by atoms with van der Waals surface area (Å²) in [5, 5.41) is 3.87. The molecule has 0 radical (unpaired) electrons. The molecule has 0 bridgehead atoms. The van der Waals surface area contributed by atoms with Gasteiger partial charge in [-0.2, -0.15) is 19.6 Å². The second-order valence-corrected chi connectivity index (χ2v) is 5.99. The zero-order valence-electron chi connectivity index (χ0n) is 13.4. The smallest absolute Gasteiger partial charge is 0.255 e. The average molecular weight is 368 g/mol. The van der Waals surface area contributed by atoms with Gasteiger partial charge in [0.25, 0.3) is 5.78 Å². The highest BCUT2D eigenvalue weighted by molar-refractivity contribution is 6.33. The first-order chi connectivity index (χ1) is 11.8. The largest absolute Gasteiger partial charge is 0.355 e. The van der Waals surface area contributed by atoms with Gasteiger partial charge in [-0.05, 0) is 6.92 Å². The van der Waals surface area contributed by atoms with Gasteiger partial charge in [-0.25, -0.2) is 13.2 Å². The number of halogens is 4. The van der Waals surface area contributed by atoms with Crippen LogP contribution in [-0.4, -0.2) is 33.2 Å². The van der Waals surface area contributed by atoms with Crippen molar-refractivity contribution in [1.82, 2.24) is 19.6 Å². The molecule has 25 heavy (non-hydrogen) atoms. The molecule has 0 aliphatic carbocycles. The van der Waals surface area contributed by atoms with Crippen LogP contribution in [-0.2, 0) is 0 Å². The molecule has 2 aromatic heterocycles. The van der Waals surface area contributed by atoms with Crippen LogP contribution < -0.4 is 4.90 Å². The van der Waals surface area contributed by atoms with Gasteiger partial charge in [0, 0.05) is 25.7 Å². The predicted octanol–water partition coefficient (Wildman–Crippen LogP) is 3.87. The molecule has 0 N–H and O–H groups in total. The molecule has 5 nitrogen and oxygen atoms in total. The molecule has 3 rings (SSSR count). The lowest BCUT2D eigenvalue weighted by Crippen LogP contribution is -2.24. The Balaban J connectivity index is 2.38. The van der Waals surface area contributed by atoms with Crippen molar-refractivity contribution in [2.45, 2.75) is 6.92 Å². The van der Waals surface area contributed by atoms with Crippen molar-refractivity contribution >= 4 is 23.2 Å². The van der Waals surface area contributed by atoms with E-state index in [9.17, 15) is 13.2 Å². The van der Waals surface area contributed by atoms with E-state index < -0.39 is 23.0 Å². The molecule has 2 heterocycles. The van der Waals surface area contributed by atoms with Crippen molar-refractivity contribution in [2.75, 3.05) is 18.5 Å². The number of benzene rings is 1. The van der Waals surface area contributed by atoms with E-state index in [2.05, 4.69) is 21.6 Å². The second kappa shape index (κ2) is 6.36. The molecule has 1 aromatic carbocycles. The van der Waals surface area contributed by atoms with Gasteiger partial charge < -0.3 is 4.90 Å². The Morgan fingerprint density at radius 2 is 1.88 bits per heavy atom. The highest BCUT2D eigenvalue weighted by Crippen LogP contribution is 2.39. The fourth-order valence-corrected chi connectivity index (χ4v) is 2.89. The van der Waals surface area contributed by atoms with E-state index in [1.165, 1.54) is 10.8 Å². The molecule has 0 aliphatic heterocycles. The molecule has 0 saturated heterocycles. The van der Waals surface area contributed by atoms with Gasteiger partial charge in [0.2, 0.25) is 0 Å². The van der Waals surface area contributed by atoms with Crippen LogP contribution in [0.15, 0.2) is 30.6 Å². The van der Waals surface area contributed by atoms with Crippen LogP contribution in [0.5, 0.6) is 0 Å². The number of rotatable bonds is 4. The third-order valence-electron chi connectivity index (χ3n) is 3.48. The molecule has 0 aliphatic rings. The molecule has 0 unspecified atom stereocenters. The van der Waals surface area contributed by atoms with Gasteiger partial charge >= 0.3 is 0 Å². The fourth-order valence-electron chi connectivity index (χ4n) is 2.63. The summed E-state index contributed by atoms with van der Waals surface area (Å²) in [6.07, 6.45) is 1.25. The van der Waals surface area contributed by atoms with Gasteiger partial charge in [-0.1, -0.05) is 23.8 Å². The lowest BCUT2D eigenvalue weighted by molar-refractivity contribution is 0.547. The van der Waals surface area contributed by atoms with Crippen molar-refractivity contribution in [3.8, 4) is 11.1 Å². The minimum absolute atomic E-state index is 0.0431. The maximum atomic E-state index is 14.4.